The largest absolute Gasteiger partial charge is 0.573 e. The molecule has 1 fully saturated rings. The van der Waals surface area contributed by atoms with Crippen LogP contribution in [0.1, 0.15) is 12.0 Å². The zero-order valence-electron chi connectivity index (χ0n) is 18.4. The quantitative estimate of drug-likeness (QED) is 0.498. The average Bonchev–Trinajstić information content (AvgIpc) is 3.37. The van der Waals surface area contributed by atoms with E-state index < -0.39 is 66.5 Å². The van der Waals surface area contributed by atoms with Crippen molar-refractivity contribution in [3.8, 4) is 5.75 Å². The molecule has 3 aromatic rings. The molecule has 0 spiro atoms. The number of halogens is 5. The standard InChI is InChI=1S/C23H19F5N4O4/c24-13-9-17(18(33)8-12-4-3-7-19(20(12)25)36-23(26,27)28)32(10-13)22(35)30-15-11-31(21(29)34)16-6-2-1-5-14(15)16/h1-7,11,13,17H,8-10H2,(H2,29,34)(H,30,35)/t13-,17+/m1/s1. The van der Waals surface area contributed by atoms with Gasteiger partial charge in [-0.2, -0.15) is 0 Å². The number of hydrogen-bond donors (Lipinski definition) is 2. The van der Waals surface area contributed by atoms with Gasteiger partial charge in [-0.1, -0.05) is 30.3 Å². The number of benzene rings is 2. The van der Waals surface area contributed by atoms with Crippen LogP contribution in [0.4, 0.5) is 37.2 Å². The number of carbonyl (C=O) groups excluding carboxylic acids is 3. The molecule has 1 saturated heterocycles. The van der Waals surface area contributed by atoms with Crippen LogP contribution in [0, 0.1) is 5.82 Å². The number of nitrogens with zero attached hydrogens (tertiary/aromatic N) is 2. The average molecular weight is 510 g/mol. The minimum Gasteiger partial charge on any atom is -0.403 e. The van der Waals surface area contributed by atoms with Crippen molar-refractivity contribution in [3.63, 3.8) is 0 Å². The van der Waals surface area contributed by atoms with Crippen molar-refractivity contribution in [2.45, 2.75) is 31.4 Å². The van der Waals surface area contributed by atoms with Crippen LogP contribution in [0.5, 0.6) is 5.75 Å². The van der Waals surface area contributed by atoms with Crippen LogP contribution in [-0.4, -0.2) is 52.4 Å². The summed E-state index contributed by atoms with van der Waals surface area (Å²) < 4.78 is 71.0. The number of nitrogens with one attached hydrogen (secondary N) is 1. The third-order valence-electron chi connectivity index (χ3n) is 5.71. The van der Waals surface area contributed by atoms with Crippen molar-refractivity contribution in [2.75, 3.05) is 11.9 Å². The van der Waals surface area contributed by atoms with Gasteiger partial charge >= 0.3 is 18.4 Å². The normalized spacial score (nSPS) is 17.9. The maximum absolute atomic E-state index is 14.5. The van der Waals surface area contributed by atoms with E-state index >= 15 is 0 Å². The Morgan fingerprint density at radius 1 is 1.11 bits per heavy atom. The lowest BCUT2D eigenvalue weighted by atomic mass is 10.0. The van der Waals surface area contributed by atoms with E-state index in [9.17, 15) is 36.3 Å². The van der Waals surface area contributed by atoms with Crippen molar-refractivity contribution in [1.29, 1.82) is 0 Å². The Bertz CT molecular complexity index is 1340. The highest BCUT2D eigenvalue weighted by Gasteiger charge is 2.40. The zero-order valence-corrected chi connectivity index (χ0v) is 18.4. The Morgan fingerprint density at radius 3 is 2.53 bits per heavy atom. The van der Waals surface area contributed by atoms with Gasteiger partial charge in [-0.15, -0.1) is 13.2 Å². The SMILES string of the molecule is NC(=O)n1cc(NC(=O)N2C[C@H](F)C[C@H]2C(=O)Cc2cccc(OC(F)(F)F)c2F)c2ccccc21. The summed E-state index contributed by atoms with van der Waals surface area (Å²) in [4.78, 5) is 38.5. The molecule has 36 heavy (non-hydrogen) atoms. The molecule has 1 aromatic heterocycles. The first-order valence-electron chi connectivity index (χ1n) is 10.6. The van der Waals surface area contributed by atoms with Crippen LogP contribution in [0.15, 0.2) is 48.7 Å². The van der Waals surface area contributed by atoms with Gasteiger partial charge in [-0.3, -0.25) is 9.36 Å². The smallest absolute Gasteiger partial charge is 0.403 e. The van der Waals surface area contributed by atoms with Gasteiger partial charge in [-0.25, -0.2) is 18.4 Å². The van der Waals surface area contributed by atoms with Gasteiger partial charge in [0.2, 0.25) is 0 Å². The molecule has 0 aliphatic carbocycles. The van der Waals surface area contributed by atoms with Crippen LogP contribution in [0.25, 0.3) is 10.9 Å². The molecular weight excluding hydrogens is 491 g/mol. The van der Waals surface area contributed by atoms with E-state index in [0.717, 1.165) is 27.7 Å². The first kappa shape index (κ1) is 24.9. The minimum absolute atomic E-state index is 0.186. The maximum Gasteiger partial charge on any atom is 0.573 e. The topological polar surface area (TPSA) is 107 Å². The number of carbonyl (C=O) groups is 3. The Morgan fingerprint density at radius 2 is 1.83 bits per heavy atom. The van der Waals surface area contributed by atoms with E-state index in [1.165, 1.54) is 6.20 Å². The second-order valence-corrected chi connectivity index (χ2v) is 8.12. The number of para-hydroxylation sites is 1. The number of nitrogens with two attached hydrogens (primary N) is 1. The number of ether oxygens (including phenoxy) is 1. The van der Waals surface area contributed by atoms with Gasteiger partial charge < -0.3 is 20.7 Å². The number of aromatic nitrogens is 1. The summed E-state index contributed by atoms with van der Waals surface area (Å²) in [6, 6.07) is 6.52. The van der Waals surface area contributed by atoms with Gasteiger partial charge in [0, 0.05) is 24.4 Å². The molecular formula is C23H19F5N4O4. The molecule has 2 atom stereocenters. The number of primary amides is 1. The molecule has 0 radical (unpaired) electrons. The molecule has 190 valence electrons. The zero-order chi connectivity index (χ0) is 26.2. The lowest BCUT2D eigenvalue weighted by Crippen LogP contribution is -2.43. The van der Waals surface area contributed by atoms with Gasteiger partial charge in [0.1, 0.15) is 6.17 Å². The predicted molar refractivity (Wildman–Crippen MR) is 118 cm³/mol. The van der Waals surface area contributed by atoms with Gasteiger partial charge in [-0.05, 0) is 17.7 Å². The second kappa shape index (κ2) is 9.47. The van der Waals surface area contributed by atoms with E-state index in [0.29, 0.717) is 10.9 Å². The first-order valence-corrected chi connectivity index (χ1v) is 10.6. The summed E-state index contributed by atoms with van der Waals surface area (Å²) in [5, 5.41) is 3.00. The van der Waals surface area contributed by atoms with Gasteiger partial charge in [0.25, 0.3) is 0 Å². The van der Waals surface area contributed by atoms with E-state index in [4.69, 9.17) is 5.73 Å². The van der Waals surface area contributed by atoms with Crippen molar-refractivity contribution in [2.24, 2.45) is 5.73 Å². The molecule has 8 nitrogen and oxygen atoms in total. The van der Waals surface area contributed by atoms with Crippen LogP contribution >= 0.6 is 0 Å². The molecule has 1 aliphatic rings. The number of anilines is 1. The number of urea groups is 1. The molecule has 0 unspecified atom stereocenters. The van der Waals surface area contributed by atoms with E-state index in [-0.39, 0.29) is 12.1 Å². The molecule has 2 heterocycles. The monoisotopic (exact) mass is 510 g/mol. The first-order chi connectivity index (χ1) is 16.9. The molecule has 4 rings (SSSR count). The number of fused-ring (bicyclic) bond motifs is 1. The molecule has 1 aliphatic heterocycles. The van der Waals surface area contributed by atoms with Crippen molar-refractivity contribution in [3.05, 3.63) is 60.0 Å². The van der Waals surface area contributed by atoms with E-state index in [1.54, 1.807) is 24.3 Å². The van der Waals surface area contributed by atoms with Gasteiger partial charge in [0.15, 0.2) is 17.3 Å². The Kier molecular flexibility index (Phi) is 6.57. The summed E-state index contributed by atoms with van der Waals surface area (Å²) in [6.45, 7) is -0.434. The predicted octanol–water partition coefficient (Wildman–Crippen LogP) is 4.36. The fourth-order valence-corrected chi connectivity index (χ4v) is 4.16. The van der Waals surface area contributed by atoms with Crippen LogP contribution < -0.4 is 15.8 Å². The Balaban J connectivity index is 1.54. The highest BCUT2D eigenvalue weighted by Crippen LogP contribution is 2.30. The summed E-state index contributed by atoms with van der Waals surface area (Å²) in [6.07, 6.45) is -6.46. The van der Waals surface area contributed by atoms with E-state index in [1.807, 2.05) is 0 Å². The van der Waals surface area contributed by atoms with Gasteiger partial charge in [0.05, 0.1) is 23.8 Å². The third kappa shape index (κ3) is 5.09. The van der Waals surface area contributed by atoms with Crippen molar-refractivity contribution in [1.82, 2.24) is 9.47 Å². The third-order valence-corrected chi connectivity index (χ3v) is 5.71. The van der Waals surface area contributed by atoms with Crippen LogP contribution in [0.2, 0.25) is 0 Å². The van der Waals surface area contributed by atoms with Crippen molar-refractivity contribution < 1.29 is 41.1 Å². The maximum atomic E-state index is 14.5. The molecule has 3 N–H and O–H groups in total. The van der Waals surface area contributed by atoms with Crippen molar-refractivity contribution >= 4 is 34.4 Å². The molecule has 3 amide bonds. The minimum atomic E-state index is -5.14. The summed E-state index contributed by atoms with van der Waals surface area (Å²) in [5.74, 6) is -3.26. The van der Waals surface area contributed by atoms with Crippen LogP contribution in [-0.2, 0) is 11.2 Å². The summed E-state index contributed by atoms with van der Waals surface area (Å²) >= 11 is 0. The fourth-order valence-electron chi connectivity index (χ4n) is 4.16. The number of rotatable bonds is 5. The molecule has 13 heteroatoms. The Hall–Kier alpha value is -4.16. The fraction of sp³-hybridized carbons (Fsp3) is 0.261. The number of ketones is 1. The van der Waals surface area contributed by atoms with E-state index in [2.05, 4.69) is 10.1 Å². The number of likely N-dealkylation sites (tertiary alicyclic amines) is 1. The van der Waals surface area contributed by atoms with Crippen LogP contribution in [0.3, 0.4) is 0 Å². The number of amides is 3. The molecule has 0 saturated carbocycles. The summed E-state index contributed by atoms with van der Waals surface area (Å²) in [7, 11) is 0. The second-order valence-electron chi connectivity index (χ2n) is 8.12. The number of hydrogen-bond acceptors (Lipinski definition) is 4. The Labute approximate surface area is 200 Å². The highest BCUT2D eigenvalue weighted by atomic mass is 19.4. The number of Topliss-reactive ketones (excluding diaryl/α,β-unsaturated/α-hetero) is 1. The lowest BCUT2D eigenvalue weighted by molar-refractivity contribution is -0.275. The number of alkyl halides is 4. The highest BCUT2D eigenvalue weighted by molar-refractivity contribution is 6.05. The molecule has 2 aromatic carbocycles. The lowest BCUT2D eigenvalue weighted by Gasteiger charge is -2.23. The summed E-state index contributed by atoms with van der Waals surface area (Å²) in [5.41, 5.74) is 5.56. The molecule has 0 bridgehead atoms.